The minimum Gasteiger partial charge on any atom is -0.383 e. The molecule has 0 amide bonds. The van der Waals surface area contributed by atoms with Gasteiger partial charge >= 0.3 is 5.51 Å². The van der Waals surface area contributed by atoms with Gasteiger partial charge in [0.1, 0.15) is 17.3 Å². The molecule has 0 atom stereocenters. The van der Waals surface area contributed by atoms with Crippen LogP contribution in [-0.4, -0.2) is 15.1 Å². The molecule has 0 spiro atoms. The van der Waals surface area contributed by atoms with Crippen molar-refractivity contribution in [3.8, 4) is 11.3 Å². The Kier molecular flexibility index (Phi) is 3.99. The first-order valence-corrected chi connectivity index (χ1v) is 6.80. The fourth-order valence-electron chi connectivity index (χ4n) is 1.90. The maximum absolute atomic E-state index is 12.3. The second kappa shape index (κ2) is 5.40. The van der Waals surface area contributed by atoms with E-state index in [1.165, 1.54) is 12.1 Å². The first-order chi connectivity index (χ1) is 9.31. The lowest BCUT2D eigenvalue weighted by Crippen LogP contribution is -2.00. The zero-order valence-electron chi connectivity index (χ0n) is 11.0. The summed E-state index contributed by atoms with van der Waals surface area (Å²) < 4.78 is 38.6. The first kappa shape index (κ1) is 14.8. The van der Waals surface area contributed by atoms with E-state index in [4.69, 9.17) is 5.73 Å². The van der Waals surface area contributed by atoms with Gasteiger partial charge in [-0.25, -0.2) is 4.98 Å². The number of nitrogen functional groups attached to an aromatic ring is 1. The smallest absolute Gasteiger partial charge is 0.383 e. The SMILES string of the molecule is CCc1nc(-c2ccc(SC(F)(F)F)cc2)c(N)n1C. The zero-order chi connectivity index (χ0) is 14.9. The highest BCUT2D eigenvalue weighted by Gasteiger charge is 2.29. The number of aryl methyl sites for hydroxylation is 1. The van der Waals surface area contributed by atoms with Crippen LogP contribution >= 0.6 is 11.8 Å². The molecule has 0 bridgehead atoms. The van der Waals surface area contributed by atoms with Crippen LogP contribution in [0.2, 0.25) is 0 Å². The molecule has 0 fully saturated rings. The highest BCUT2D eigenvalue weighted by atomic mass is 32.2. The van der Waals surface area contributed by atoms with Crippen molar-refractivity contribution in [1.82, 2.24) is 9.55 Å². The van der Waals surface area contributed by atoms with Crippen molar-refractivity contribution >= 4 is 17.6 Å². The fraction of sp³-hybridized carbons (Fsp3) is 0.308. The average Bonchev–Trinajstić information content (AvgIpc) is 2.65. The normalized spacial score (nSPS) is 11.8. The van der Waals surface area contributed by atoms with Crippen molar-refractivity contribution in [1.29, 1.82) is 0 Å². The van der Waals surface area contributed by atoms with Crippen LogP contribution in [-0.2, 0) is 13.5 Å². The summed E-state index contributed by atoms with van der Waals surface area (Å²) in [6.07, 6.45) is 0.739. The zero-order valence-corrected chi connectivity index (χ0v) is 11.8. The topological polar surface area (TPSA) is 43.8 Å². The minimum atomic E-state index is -4.28. The van der Waals surface area contributed by atoms with Crippen LogP contribution in [0.25, 0.3) is 11.3 Å². The molecule has 7 heteroatoms. The highest BCUT2D eigenvalue weighted by Crippen LogP contribution is 2.37. The Morgan fingerprint density at radius 3 is 2.30 bits per heavy atom. The van der Waals surface area contributed by atoms with Crippen LogP contribution in [0.5, 0.6) is 0 Å². The number of nitrogens with two attached hydrogens (primary N) is 1. The fourth-order valence-corrected chi connectivity index (χ4v) is 2.44. The van der Waals surface area contributed by atoms with Gasteiger partial charge in [0.2, 0.25) is 0 Å². The number of benzene rings is 1. The summed E-state index contributed by atoms with van der Waals surface area (Å²) in [5, 5.41) is 0. The largest absolute Gasteiger partial charge is 0.446 e. The molecule has 0 saturated heterocycles. The Hall–Kier alpha value is -1.63. The molecular weight excluding hydrogens is 287 g/mol. The number of aromatic nitrogens is 2. The van der Waals surface area contributed by atoms with E-state index in [0.717, 1.165) is 12.2 Å². The van der Waals surface area contributed by atoms with Crippen molar-refractivity contribution < 1.29 is 13.2 Å². The van der Waals surface area contributed by atoms with Gasteiger partial charge in [0.15, 0.2) is 0 Å². The van der Waals surface area contributed by atoms with E-state index in [-0.39, 0.29) is 16.7 Å². The van der Waals surface area contributed by atoms with E-state index in [1.54, 1.807) is 16.7 Å². The van der Waals surface area contributed by atoms with Crippen molar-refractivity contribution in [3.63, 3.8) is 0 Å². The summed E-state index contributed by atoms with van der Waals surface area (Å²) in [4.78, 5) is 4.56. The number of hydrogen-bond acceptors (Lipinski definition) is 3. The quantitative estimate of drug-likeness (QED) is 0.876. The summed E-state index contributed by atoms with van der Waals surface area (Å²) in [6, 6.07) is 6.05. The van der Waals surface area contributed by atoms with Crippen LogP contribution in [0.15, 0.2) is 29.2 Å². The van der Waals surface area contributed by atoms with Gasteiger partial charge in [-0.15, -0.1) is 0 Å². The Morgan fingerprint density at radius 2 is 1.85 bits per heavy atom. The van der Waals surface area contributed by atoms with Gasteiger partial charge in [0, 0.05) is 23.9 Å². The molecular formula is C13H14F3N3S. The lowest BCUT2D eigenvalue weighted by atomic mass is 10.1. The molecule has 1 aromatic heterocycles. The summed E-state index contributed by atoms with van der Waals surface area (Å²) >= 11 is -0.135. The van der Waals surface area contributed by atoms with Crippen molar-refractivity contribution in [3.05, 3.63) is 30.1 Å². The van der Waals surface area contributed by atoms with E-state index in [9.17, 15) is 13.2 Å². The average molecular weight is 301 g/mol. The standard InChI is InChI=1S/C13H14F3N3S/c1-3-10-18-11(12(17)19(10)2)8-4-6-9(7-5-8)20-13(14,15)16/h4-7H,3,17H2,1-2H3. The molecule has 0 saturated carbocycles. The molecule has 0 unspecified atom stereocenters. The second-order valence-electron chi connectivity index (χ2n) is 4.25. The van der Waals surface area contributed by atoms with E-state index in [0.29, 0.717) is 17.1 Å². The molecule has 0 aliphatic heterocycles. The molecule has 3 nitrogen and oxygen atoms in total. The molecule has 0 radical (unpaired) electrons. The van der Waals surface area contributed by atoms with Gasteiger partial charge in [-0.05, 0) is 23.9 Å². The third-order valence-electron chi connectivity index (χ3n) is 2.91. The lowest BCUT2D eigenvalue weighted by Gasteiger charge is -2.06. The second-order valence-corrected chi connectivity index (χ2v) is 5.39. The Morgan fingerprint density at radius 1 is 1.25 bits per heavy atom. The molecule has 0 aliphatic carbocycles. The summed E-state index contributed by atoms with van der Waals surface area (Å²) in [6.45, 7) is 1.97. The Labute approximate surface area is 119 Å². The molecule has 20 heavy (non-hydrogen) atoms. The number of thioether (sulfide) groups is 1. The molecule has 1 aromatic carbocycles. The van der Waals surface area contributed by atoms with E-state index < -0.39 is 5.51 Å². The molecule has 2 N–H and O–H groups in total. The number of imidazole rings is 1. The molecule has 108 valence electrons. The Balaban J connectivity index is 2.31. The Bertz CT molecular complexity index is 603. The number of anilines is 1. The van der Waals surface area contributed by atoms with Gasteiger partial charge in [-0.3, -0.25) is 0 Å². The van der Waals surface area contributed by atoms with Gasteiger partial charge in [0.25, 0.3) is 0 Å². The van der Waals surface area contributed by atoms with Crippen LogP contribution in [0.3, 0.4) is 0 Å². The number of hydrogen-bond donors (Lipinski definition) is 1. The summed E-state index contributed by atoms with van der Waals surface area (Å²) in [5.41, 5.74) is 3.01. The summed E-state index contributed by atoms with van der Waals surface area (Å²) in [5.74, 6) is 1.35. The third-order valence-corrected chi connectivity index (χ3v) is 3.65. The maximum Gasteiger partial charge on any atom is 0.446 e. The van der Waals surface area contributed by atoms with Gasteiger partial charge in [-0.2, -0.15) is 13.2 Å². The van der Waals surface area contributed by atoms with E-state index in [1.807, 2.05) is 14.0 Å². The van der Waals surface area contributed by atoms with Crippen molar-refractivity contribution in [2.75, 3.05) is 5.73 Å². The van der Waals surface area contributed by atoms with Gasteiger partial charge in [0.05, 0.1) is 0 Å². The van der Waals surface area contributed by atoms with Crippen LogP contribution in [0.1, 0.15) is 12.7 Å². The van der Waals surface area contributed by atoms with E-state index in [2.05, 4.69) is 4.98 Å². The third kappa shape index (κ3) is 3.09. The number of alkyl halides is 3. The van der Waals surface area contributed by atoms with Crippen LogP contribution in [0, 0.1) is 0 Å². The van der Waals surface area contributed by atoms with Crippen molar-refractivity contribution in [2.24, 2.45) is 7.05 Å². The molecule has 0 aliphatic rings. The maximum atomic E-state index is 12.3. The predicted molar refractivity (Wildman–Crippen MR) is 74.3 cm³/mol. The number of rotatable bonds is 3. The van der Waals surface area contributed by atoms with Gasteiger partial charge in [-0.1, -0.05) is 19.1 Å². The monoisotopic (exact) mass is 301 g/mol. The molecule has 1 heterocycles. The lowest BCUT2D eigenvalue weighted by molar-refractivity contribution is -0.0328. The number of nitrogens with zero attached hydrogens (tertiary/aromatic N) is 2. The molecule has 2 rings (SSSR count). The highest BCUT2D eigenvalue weighted by molar-refractivity contribution is 8.00. The van der Waals surface area contributed by atoms with Crippen LogP contribution in [0.4, 0.5) is 19.0 Å². The van der Waals surface area contributed by atoms with Crippen molar-refractivity contribution in [2.45, 2.75) is 23.7 Å². The predicted octanol–water partition coefficient (Wildman–Crippen LogP) is 3.84. The van der Waals surface area contributed by atoms with E-state index >= 15 is 0 Å². The van der Waals surface area contributed by atoms with Gasteiger partial charge < -0.3 is 10.3 Å². The molecule has 2 aromatic rings. The minimum absolute atomic E-state index is 0.135. The summed E-state index contributed by atoms with van der Waals surface area (Å²) in [7, 11) is 1.82. The number of halogens is 3. The first-order valence-electron chi connectivity index (χ1n) is 5.99. The van der Waals surface area contributed by atoms with Crippen LogP contribution < -0.4 is 5.73 Å².